The summed E-state index contributed by atoms with van der Waals surface area (Å²) in [6.07, 6.45) is -3.20. The second kappa shape index (κ2) is 10.4. The van der Waals surface area contributed by atoms with Gasteiger partial charge in [0.05, 0.1) is 23.6 Å². The number of methoxy groups -OCH3 is 1. The smallest absolute Gasteiger partial charge is 0.416 e. The molecular weight excluding hydrogens is 427 g/mol. The van der Waals surface area contributed by atoms with Crippen LogP contribution in [0.5, 0.6) is 5.88 Å². The molecule has 0 atom stereocenters. The van der Waals surface area contributed by atoms with E-state index in [9.17, 15) is 26.4 Å². The van der Waals surface area contributed by atoms with Gasteiger partial charge in [-0.25, -0.2) is 18.1 Å². The average Bonchev–Trinajstić information content (AvgIpc) is 2.71. The number of hydrogen-bond donors (Lipinski definition) is 2. The number of alkyl halides is 3. The number of benzene rings is 1. The molecule has 0 bridgehead atoms. The molecule has 164 valence electrons. The predicted octanol–water partition coefficient (Wildman–Crippen LogP) is 1.72. The van der Waals surface area contributed by atoms with Gasteiger partial charge < -0.3 is 14.8 Å². The predicted molar refractivity (Wildman–Crippen MR) is 100 cm³/mol. The first-order valence-corrected chi connectivity index (χ1v) is 10.1. The summed E-state index contributed by atoms with van der Waals surface area (Å²) >= 11 is 0. The molecular formula is C18H20F3N3O5S. The van der Waals surface area contributed by atoms with Crippen molar-refractivity contribution in [3.8, 4) is 5.88 Å². The molecule has 0 spiro atoms. The highest BCUT2D eigenvalue weighted by molar-refractivity contribution is 7.89. The van der Waals surface area contributed by atoms with Gasteiger partial charge in [-0.3, -0.25) is 4.79 Å². The van der Waals surface area contributed by atoms with Gasteiger partial charge in [0.1, 0.15) is 6.61 Å². The van der Waals surface area contributed by atoms with E-state index in [2.05, 4.69) is 10.3 Å². The van der Waals surface area contributed by atoms with Crippen molar-refractivity contribution in [3.05, 3.63) is 53.7 Å². The Balaban J connectivity index is 1.85. The molecule has 2 rings (SSSR count). The Hall–Kier alpha value is -2.70. The zero-order valence-corrected chi connectivity index (χ0v) is 16.7. The second-order valence-electron chi connectivity index (χ2n) is 5.97. The lowest BCUT2D eigenvalue weighted by Crippen LogP contribution is -2.36. The summed E-state index contributed by atoms with van der Waals surface area (Å²) in [6.45, 7) is 0.196. The van der Waals surface area contributed by atoms with Crippen LogP contribution in [-0.4, -0.2) is 46.2 Å². The van der Waals surface area contributed by atoms with Crippen LogP contribution >= 0.6 is 0 Å². The van der Waals surface area contributed by atoms with Crippen LogP contribution in [0.15, 0.2) is 47.5 Å². The zero-order valence-electron chi connectivity index (χ0n) is 15.9. The lowest BCUT2D eigenvalue weighted by atomic mass is 10.2. The molecule has 0 fully saturated rings. The van der Waals surface area contributed by atoms with E-state index in [1.54, 1.807) is 19.2 Å². The Bertz CT molecular complexity index is 950. The normalized spacial score (nSPS) is 11.9. The minimum atomic E-state index is -4.68. The number of carbonyl (C=O) groups is 1. The van der Waals surface area contributed by atoms with E-state index in [1.165, 1.54) is 6.20 Å². The fourth-order valence-corrected chi connectivity index (χ4v) is 3.20. The maximum atomic E-state index is 12.7. The van der Waals surface area contributed by atoms with Crippen LogP contribution in [0.2, 0.25) is 0 Å². The van der Waals surface area contributed by atoms with Gasteiger partial charge in [-0.2, -0.15) is 13.2 Å². The Kier molecular flexibility index (Phi) is 8.15. The Labute approximate surface area is 171 Å². The molecule has 0 radical (unpaired) electrons. The Morgan fingerprint density at radius 3 is 2.57 bits per heavy atom. The van der Waals surface area contributed by atoms with Crippen LogP contribution in [0.25, 0.3) is 0 Å². The van der Waals surface area contributed by atoms with Gasteiger partial charge in [-0.1, -0.05) is 12.1 Å². The van der Waals surface area contributed by atoms with Crippen molar-refractivity contribution < 1.29 is 35.9 Å². The van der Waals surface area contributed by atoms with Crippen molar-refractivity contribution in [2.75, 3.05) is 26.9 Å². The minimum absolute atomic E-state index is 0.0788. The van der Waals surface area contributed by atoms with Gasteiger partial charge in [0, 0.05) is 25.9 Å². The molecule has 0 saturated heterocycles. The molecule has 1 heterocycles. The first kappa shape index (κ1) is 23.6. The number of nitrogens with one attached hydrogen (secondary N) is 2. The number of ether oxygens (including phenoxy) is 2. The minimum Gasteiger partial charge on any atom is -0.475 e. The van der Waals surface area contributed by atoms with Crippen molar-refractivity contribution in [2.24, 2.45) is 0 Å². The number of hydrogen-bond acceptors (Lipinski definition) is 6. The quantitative estimate of drug-likeness (QED) is 0.538. The van der Waals surface area contributed by atoms with E-state index in [0.717, 1.165) is 18.2 Å². The summed E-state index contributed by atoms with van der Waals surface area (Å²) in [5.41, 5.74) is -0.458. The third-order valence-electron chi connectivity index (χ3n) is 3.72. The molecule has 0 saturated carbocycles. The largest absolute Gasteiger partial charge is 0.475 e. The molecule has 8 nitrogen and oxygen atoms in total. The van der Waals surface area contributed by atoms with Crippen LogP contribution < -0.4 is 14.8 Å². The molecule has 30 heavy (non-hydrogen) atoms. The summed E-state index contributed by atoms with van der Waals surface area (Å²) in [4.78, 5) is 15.3. The third kappa shape index (κ3) is 7.28. The fraction of sp³-hybridized carbons (Fsp3) is 0.333. The number of sulfonamides is 1. The lowest BCUT2D eigenvalue weighted by Gasteiger charge is -2.11. The molecule has 1 amide bonds. The summed E-state index contributed by atoms with van der Waals surface area (Å²) in [5, 5.41) is 2.48. The highest BCUT2D eigenvalue weighted by Gasteiger charge is 2.31. The molecule has 1 aromatic carbocycles. The lowest BCUT2D eigenvalue weighted by molar-refractivity contribution is -0.137. The molecule has 0 aliphatic carbocycles. The second-order valence-corrected chi connectivity index (χ2v) is 7.74. The van der Waals surface area contributed by atoms with E-state index >= 15 is 0 Å². The number of aromatic nitrogens is 1. The van der Waals surface area contributed by atoms with Crippen LogP contribution in [0, 0.1) is 0 Å². The fourth-order valence-electron chi connectivity index (χ4n) is 2.18. The highest BCUT2D eigenvalue weighted by atomic mass is 32.2. The summed E-state index contributed by atoms with van der Waals surface area (Å²) in [6, 6.07) is 6.52. The van der Waals surface area contributed by atoms with Gasteiger partial charge in [0.2, 0.25) is 21.8 Å². The standard InChI is InChI=1S/C18H20F3N3O5S/c1-28-7-8-29-17-6-5-13(11-23-17)10-22-16(25)12-24-30(26,27)15-4-2-3-14(9-15)18(19,20)21/h2-6,9,11,24H,7-8,10,12H2,1H3,(H,22,25). The average molecular weight is 447 g/mol. The van der Waals surface area contributed by atoms with Gasteiger partial charge in [0.15, 0.2) is 0 Å². The first-order chi connectivity index (χ1) is 14.1. The summed E-state index contributed by atoms with van der Waals surface area (Å²) < 4.78 is 74.6. The Morgan fingerprint density at radius 1 is 1.17 bits per heavy atom. The van der Waals surface area contributed by atoms with Crippen molar-refractivity contribution >= 4 is 15.9 Å². The van der Waals surface area contributed by atoms with Gasteiger partial charge >= 0.3 is 6.18 Å². The molecule has 0 unspecified atom stereocenters. The number of rotatable bonds is 10. The van der Waals surface area contributed by atoms with Crippen molar-refractivity contribution in [1.82, 2.24) is 15.0 Å². The monoisotopic (exact) mass is 447 g/mol. The van der Waals surface area contributed by atoms with E-state index in [4.69, 9.17) is 9.47 Å². The van der Waals surface area contributed by atoms with Crippen LogP contribution in [-0.2, 0) is 32.3 Å². The maximum Gasteiger partial charge on any atom is 0.416 e. The molecule has 2 aromatic rings. The molecule has 2 N–H and O–H groups in total. The summed E-state index contributed by atoms with van der Waals surface area (Å²) in [5.74, 6) is -0.276. The van der Waals surface area contributed by atoms with Crippen molar-refractivity contribution in [2.45, 2.75) is 17.6 Å². The van der Waals surface area contributed by atoms with Gasteiger partial charge in [-0.15, -0.1) is 0 Å². The number of amides is 1. The molecule has 12 heteroatoms. The Morgan fingerprint density at radius 2 is 1.93 bits per heavy atom. The van der Waals surface area contributed by atoms with Gasteiger partial charge in [0.25, 0.3) is 0 Å². The number of nitrogens with zero attached hydrogens (tertiary/aromatic N) is 1. The number of pyridine rings is 1. The SMILES string of the molecule is COCCOc1ccc(CNC(=O)CNS(=O)(=O)c2cccc(C(F)(F)F)c2)cn1. The van der Waals surface area contributed by atoms with E-state index in [0.29, 0.717) is 30.7 Å². The number of halogens is 3. The topological polar surface area (TPSA) is 107 Å². The van der Waals surface area contributed by atoms with Crippen LogP contribution in [0.1, 0.15) is 11.1 Å². The zero-order chi connectivity index (χ0) is 22.2. The molecule has 0 aliphatic rings. The first-order valence-electron chi connectivity index (χ1n) is 8.62. The molecule has 1 aromatic heterocycles. The highest BCUT2D eigenvalue weighted by Crippen LogP contribution is 2.30. The number of carbonyl (C=O) groups excluding carboxylic acids is 1. The molecule has 0 aliphatic heterocycles. The third-order valence-corrected chi connectivity index (χ3v) is 5.12. The van der Waals surface area contributed by atoms with Gasteiger partial charge in [-0.05, 0) is 23.8 Å². The maximum absolute atomic E-state index is 12.7. The van der Waals surface area contributed by atoms with Crippen molar-refractivity contribution in [1.29, 1.82) is 0 Å². The van der Waals surface area contributed by atoms with Crippen LogP contribution in [0.4, 0.5) is 13.2 Å². The van der Waals surface area contributed by atoms with E-state index in [-0.39, 0.29) is 6.54 Å². The summed E-state index contributed by atoms with van der Waals surface area (Å²) in [7, 11) is -2.74. The van der Waals surface area contributed by atoms with E-state index in [1.807, 2.05) is 4.72 Å². The van der Waals surface area contributed by atoms with Crippen molar-refractivity contribution in [3.63, 3.8) is 0 Å². The van der Waals surface area contributed by atoms with Crippen LogP contribution in [0.3, 0.4) is 0 Å². The van der Waals surface area contributed by atoms with E-state index < -0.39 is 39.1 Å².